The summed E-state index contributed by atoms with van der Waals surface area (Å²) >= 11 is 9.76. The molecule has 104 valence electrons. The summed E-state index contributed by atoms with van der Waals surface area (Å²) in [5, 5.41) is 2.69. The quantitative estimate of drug-likeness (QED) is 0.660. The van der Waals surface area contributed by atoms with Crippen LogP contribution in [0.1, 0.15) is 15.9 Å². The zero-order valence-corrected chi connectivity index (χ0v) is 15.0. The molecule has 0 unspecified atom stereocenters. The average molecular weight is 465 g/mol. The fourth-order valence-electron chi connectivity index (χ4n) is 1.54. The number of nitrogens with two attached hydrogens (primary N) is 1. The minimum absolute atomic E-state index is 0.298. The van der Waals surface area contributed by atoms with E-state index in [0.717, 1.165) is 4.47 Å². The van der Waals surface area contributed by atoms with Crippen molar-refractivity contribution in [2.75, 3.05) is 11.1 Å². The third-order valence-corrected chi connectivity index (χ3v) is 3.98. The Morgan fingerprint density at radius 1 is 1.30 bits per heavy atom. The van der Waals surface area contributed by atoms with E-state index in [0.29, 0.717) is 31.8 Å². The summed E-state index contributed by atoms with van der Waals surface area (Å²) in [6, 6.07) is 3.46. The first-order valence-corrected chi connectivity index (χ1v) is 7.81. The molecule has 1 aromatic carbocycles. The number of amides is 1. The largest absolute Gasteiger partial charge is 0.398 e. The second kappa shape index (κ2) is 6.19. The summed E-state index contributed by atoms with van der Waals surface area (Å²) in [5.41, 5.74) is 7.59. The van der Waals surface area contributed by atoms with Crippen LogP contribution in [-0.4, -0.2) is 15.9 Å². The molecule has 1 amide bonds. The predicted octanol–water partition coefficient (Wildman–Crippen LogP) is 3.91. The number of nitrogen functional groups attached to an aromatic ring is 1. The minimum atomic E-state index is -0.298. The first-order chi connectivity index (χ1) is 9.38. The van der Waals surface area contributed by atoms with E-state index >= 15 is 0 Å². The molecule has 3 N–H and O–H groups in total. The lowest BCUT2D eigenvalue weighted by molar-refractivity contribution is 0.102. The van der Waals surface area contributed by atoms with Crippen molar-refractivity contribution < 1.29 is 4.79 Å². The molecule has 0 bridgehead atoms. The van der Waals surface area contributed by atoms with Gasteiger partial charge in [0.15, 0.2) is 5.82 Å². The fourth-order valence-corrected chi connectivity index (χ4v) is 2.93. The zero-order valence-electron chi connectivity index (χ0n) is 10.2. The average Bonchev–Trinajstić information content (AvgIpc) is 2.37. The van der Waals surface area contributed by atoms with E-state index in [4.69, 9.17) is 5.73 Å². The first-order valence-electron chi connectivity index (χ1n) is 5.43. The third-order valence-electron chi connectivity index (χ3n) is 2.59. The van der Waals surface area contributed by atoms with Gasteiger partial charge in [0.1, 0.15) is 9.21 Å². The Morgan fingerprint density at radius 2 is 2.00 bits per heavy atom. The molecule has 0 saturated carbocycles. The van der Waals surface area contributed by atoms with Gasteiger partial charge in [0, 0.05) is 15.7 Å². The summed E-state index contributed by atoms with van der Waals surface area (Å²) < 4.78 is 1.76. The molecule has 2 aromatic rings. The van der Waals surface area contributed by atoms with Gasteiger partial charge in [-0.25, -0.2) is 9.97 Å². The molecule has 0 radical (unpaired) electrons. The van der Waals surface area contributed by atoms with Crippen LogP contribution in [0, 0.1) is 6.92 Å². The maximum atomic E-state index is 12.3. The van der Waals surface area contributed by atoms with Crippen LogP contribution >= 0.6 is 47.8 Å². The van der Waals surface area contributed by atoms with Crippen LogP contribution in [0.5, 0.6) is 0 Å². The molecular formula is C12H9Br3N4O. The van der Waals surface area contributed by atoms with E-state index in [1.54, 1.807) is 19.1 Å². The highest BCUT2D eigenvalue weighted by atomic mass is 79.9. The molecule has 20 heavy (non-hydrogen) atoms. The molecule has 0 aliphatic rings. The molecule has 5 nitrogen and oxygen atoms in total. The number of carbonyl (C=O) groups excluding carboxylic acids is 1. The lowest BCUT2D eigenvalue weighted by Crippen LogP contribution is -2.16. The number of rotatable bonds is 2. The lowest BCUT2D eigenvalue weighted by Gasteiger charge is -2.10. The van der Waals surface area contributed by atoms with Crippen LogP contribution in [0.2, 0.25) is 0 Å². The molecule has 0 atom stereocenters. The normalized spacial score (nSPS) is 10.4. The second-order valence-corrected chi connectivity index (χ2v) is 6.43. The van der Waals surface area contributed by atoms with Gasteiger partial charge in [-0.05, 0) is 56.5 Å². The number of carbonyl (C=O) groups is 1. The third kappa shape index (κ3) is 3.36. The van der Waals surface area contributed by atoms with Crippen molar-refractivity contribution in [3.8, 4) is 0 Å². The molecule has 0 spiro atoms. The Morgan fingerprint density at radius 3 is 2.65 bits per heavy atom. The van der Waals surface area contributed by atoms with E-state index in [9.17, 15) is 4.79 Å². The topological polar surface area (TPSA) is 80.9 Å². The van der Waals surface area contributed by atoms with E-state index in [1.807, 2.05) is 0 Å². The second-order valence-electron chi connectivity index (χ2n) is 3.95. The maximum Gasteiger partial charge on any atom is 0.257 e. The number of aromatic nitrogens is 2. The van der Waals surface area contributed by atoms with Crippen LogP contribution in [0.25, 0.3) is 0 Å². The van der Waals surface area contributed by atoms with Gasteiger partial charge in [0.05, 0.1) is 6.20 Å². The summed E-state index contributed by atoms with van der Waals surface area (Å²) in [4.78, 5) is 20.5. The van der Waals surface area contributed by atoms with Gasteiger partial charge in [-0.15, -0.1) is 0 Å². The SMILES string of the molecule is Cc1c(N)cc(Br)cc1C(=O)Nc1ncc(Br)nc1Br. The van der Waals surface area contributed by atoms with Gasteiger partial charge < -0.3 is 11.1 Å². The molecular weight excluding hydrogens is 456 g/mol. The summed E-state index contributed by atoms with van der Waals surface area (Å²) in [5.74, 6) is 0.0453. The summed E-state index contributed by atoms with van der Waals surface area (Å²) in [6.07, 6.45) is 1.50. The fraction of sp³-hybridized carbons (Fsp3) is 0.0833. The van der Waals surface area contributed by atoms with Gasteiger partial charge >= 0.3 is 0 Å². The van der Waals surface area contributed by atoms with Crippen LogP contribution in [0.15, 0.2) is 32.0 Å². The van der Waals surface area contributed by atoms with Crippen molar-refractivity contribution in [2.24, 2.45) is 0 Å². The maximum absolute atomic E-state index is 12.3. The van der Waals surface area contributed by atoms with Crippen LogP contribution in [0.4, 0.5) is 11.5 Å². The van der Waals surface area contributed by atoms with Gasteiger partial charge in [-0.1, -0.05) is 15.9 Å². The first kappa shape index (κ1) is 15.4. The Bertz CT molecular complexity index is 691. The van der Waals surface area contributed by atoms with Crippen molar-refractivity contribution in [3.63, 3.8) is 0 Å². The highest BCUT2D eigenvalue weighted by molar-refractivity contribution is 9.11. The lowest BCUT2D eigenvalue weighted by atomic mass is 10.1. The smallest absolute Gasteiger partial charge is 0.257 e. The summed E-state index contributed by atoms with van der Waals surface area (Å²) in [6.45, 7) is 1.79. The number of anilines is 2. The van der Waals surface area contributed by atoms with Gasteiger partial charge in [0.2, 0.25) is 0 Å². The van der Waals surface area contributed by atoms with Gasteiger partial charge in [-0.2, -0.15) is 0 Å². The molecule has 0 aliphatic carbocycles. The Balaban J connectivity index is 2.33. The zero-order chi connectivity index (χ0) is 14.9. The van der Waals surface area contributed by atoms with E-state index in [-0.39, 0.29) is 5.91 Å². The van der Waals surface area contributed by atoms with Crippen LogP contribution < -0.4 is 11.1 Å². The predicted molar refractivity (Wildman–Crippen MR) is 88.7 cm³/mol. The van der Waals surface area contributed by atoms with Crippen molar-refractivity contribution in [1.82, 2.24) is 9.97 Å². The van der Waals surface area contributed by atoms with E-state index < -0.39 is 0 Å². The minimum Gasteiger partial charge on any atom is -0.398 e. The molecule has 1 heterocycles. The van der Waals surface area contributed by atoms with E-state index in [2.05, 4.69) is 63.1 Å². The number of halogens is 3. The van der Waals surface area contributed by atoms with Crippen molar-refractivity contribution >= 4 is 65.2 Å². The molecule has 0 fully saturated rings. The number of hydrogen-bond acceptors (Lipinski definition) is 4. The van der Waals surface area contributed by atoms with Crippen LogP contribution in [-0.2, 0) is 0 Å². The number of hydrogen-bond donors (Lipinski definition) is 2. The van der Waals surface area contributed by atoms with Gasteiger partial charge in [-0.3, -0.25) is 4.79 Å². The molecule has 0 aliphatic heterocycles. The highest BCUT2D eigenvalue weighted by Gasteiger charge is 2.15. The standard InChI is InChI=1S/C12H9Br3N4O/c1-5-7(2-6(13)3-8(5)16)12(20)19-11-10(15)18-9(14)4-17-11/h2-4H,16H2,1H3,(H,17,19,20). The highest BCUT2D eigenvalue weighted by Crippen LogP contribution is 2.25. The number of nitrogens with one attached hydrogen (secondary N) is 1. The number of benzene rings is 1. The Labute approximate surface area is 140 Å². The van der Waals surface area contributed by atoms with Crippen molar-refractivity contribution in [2.45, 2.75) is 6.92 Å². The van der Waals surface area contributed by atoms with Crippen molar-refractivity contribution in [1.29, 1.82) is 0 Å². The monoisotopic (exact) mass is 462 g/mol. The van der Waals surface area contributed by atoms with Crippen molar-refractivity contribution in [3.05, 3.63) is 43.1 Å². The Kier molecular flexibility index (Phi) is 4.77. The van der Waals surface area contributed by atoms with E-state index in [1.165, 1.54) is 6.20 Å². The summed E-state index contributed by atoms with van der Waals surface area (Å²) in [7, 11) is 0. The Hall–Kier alpha value is -0.990. The molecule has 0 saturated heterocycles. The van der Waals surface area contributed by atoms with Crippen LogP contribution in [0.3, 0.4) is 0 Å². The van der Waals surface area contributed by atoms with Gasteiger partial charge in [0.25, 0.3) is 5.91 Å². The molecule has 8 heteroatoms. The molecule has 2 rings (SSSR count). The number of nitrogens with zero attached hydrogens (tertiary/aromatic N) is 2. The molecule has 1 aromatic heterocycles.